The van der Waals surface area contributed by atoms with E-state index in [1.165, 1.54) is 17.0 Å². The summed E-state index contributed by atoms with van der Waals surface area (Å²) in [4.78, 5) is 27.5. The van der Waals surface area contributed by atoms with Crippen LogP contribution in [0.15, 0.2) is 41.5 Å². The molecule has 144 valence electrons. The lowest BCUT2D eigenvalue weighted by Crippen LogP contribution is -2.33. The van der Waals surface area contributed by atoms with Crippen LogP contribution in [0.25, 0.3) is 21.6 Å². The zero-order valence-corrected chi connectivity index (χ0v) is 16.4. The van der Waals surface area contributed by atoms with Gasteiger partial charge in [-0.05, 0) is 58.0 Å². The quantitative estimate of drug-likeness (QED) is 0.282. The van der Waals surface area contributed by atoms with Crippen LogP contribution in [-0.2, 0) is 9.53 Å². The number of nitrogens with one attached hydrogen (secondary N) is 1. The first kappa shape index (κ1) is 16.1. The number of amides is 2. The highest BCUT2D eigenvalue weighted by atomic mass is 127. The molecule has 0 spiro atoms. The lowest BCUT2D eigenvalue weighted by atomic mass is 10.0. The Bertz CT molecular complexity index is 1090. The summed E-state index contributed by atoms with van der Waals surface area (Å²) in [6, 6.07) is 9.14. The van der Waals surface area contributed by atoms with Crippen molar-refractivity contribution in [3.63, 3.8) is 0 Å². The number of carbonyl (C=O) groups excluding carboxylic acids is 2. The maximum absolute atomic E-state index is 14.8. The largest absolute Gasteiger partial charge is 0.442 e. The molecule has 1 heterocycles. The van der Waals surface area contributed by atoms with E-state index in [0.717, 1.165) is 0 Å². The Hall–Kier alpha value is -2.85. The molecule has 1 atom stereocenters. The monoisotopic (exact) mass is 501 g/mol. The Balaban J connectivity index is 1.74. The number of rotatable bonds is 5. The molecule has 1 saturated heterocycles. The average molecular weight is 501 g/mol. The molecular weight excluding hydrogens is 480 g/mol. The van der Waals surface area contributed by atoms with Gasteiger partial charge in [0.2, 0.25) is 5.91 Å². The Morgan fingerprint density at radius 1 is 1.50 bits per heavy atom. The number of hydrogen-bond donors (Lipinski definition) is 1. The van der Waals surface area contributed by atoms with E-state index in [2.05, 4.69) is 15.3 Å². The molecule has 0 saturated carbocycles. The fraction of sp³-hybridized carbons (Fsp3) is 0.222. The number of cyclic esters (lactones) is 1. The normalized spacial score (nSPS) is 17.8. The molecule has 1 aliphatic rings. The zero-order valence-electron chi connectivity index (χ0n) is 17.2. The van der Waals surface area contributed by atoms with Crippen LogP contribution >= 0.6 is 22.6 Å². The van der Waals surface area contributed by atoms with Crippen molar-refractivity contribution in [2.24, 2.45) is 5.11 Å². The summed E-state index contributed by atoms with van der Waals surface area (Å²) in [6.45, 7) is -2.94. The van der Waals surface area contributed by atoms with Gasteiger partial charge in [0.25, 0.3) is 0 Å². The third-order valence-corrected chi connectivity index (χ3v) is 4.90. The van der Waals surface area contributed by atoms with Crippen molar-refractivity contribution in [1.29, 1.82) is 0 Å². The molecule has 0 bridgehead atoms. The van der Waals surface area contributed by atoms with Crippen molar-refractivity contribution in [2.45, 2.75) is 13.0 Å². The van der Waals surface area contributed by atoms with E-state index < -0.39 is 30.8 Å². The summed E-state index contributed by atoms with van der Waals surface area (Å²) in [5, 5.41) is 5.76. The van der Waals surface area contributed by atoms with Crippen molar-refractivity contribution in [3.8, 4) is 11.1 Å². The molecule has 2 aromatic rings. The molecule has 8 nitrogen and oxygen atoms in total. The second-order valence-electron chi connectivity index (χ2n) is 5.85. The molecule has 1 aliphatic heterocycles. The van der Waals surface area contributed by atoms with E-state index in [0.29, 0.717) is 20.4 Å². The maximum Gasteiger partial charge on any atom is 0.414 e. The van der Waals surface area contributed by atoms with Crippen LogP contribution in [0.1, 0.15) is 11.0 Å². The van der Waals surface area contributed by atoms with Crippen LogP contribution in [0.2, 0.25) is 0 Å². The number of nitrogens with zero attached hydrogens (tertiary/aromatic N) is 4. The van der Waals surface area contributed by atoms with Gasteiger partial charge in [0.15, 0.2) is 0 Å². The predicted molar refractivity (Wildman–Crippen MR) is 110 cm³/mol. The minimum absolute atomic E-state index is 0.0255. The Kier molecular flexibility index (Phi) is 4.87. The molecular formula is C18H15FIN5O3. The summed E-state index contributed by atoms with van der Waals surface area (Å²) in [5.74, 6) is -1.71. The van der Waals surface area contributed by atoms with Gasteiger partial charge in [-0.15, -0.1) is 0 Å². The highest BCUT2D eigenvalue weighted by molar-refractivity contribution is 14.1. The van der Waals surface area contributed by atoms with Gasteiger partial charge in [0.05, 0.1) is 24.5 Å². The van der Waals surface area contributed by atoms with E-state index >= 15 is 0 Å². The molecule has 28 heavy (non-hydrogen) atoms. The number of azide groups is 1. The standard InChI is InChI=1S/C18H15FIN5O3/c1-10(26)22-8-13-9-25(18(27)28-13)12-3-4-14(15(19)7-12)11-2-5-17(23-24-21)16(20)6-11/h2-7,13H,8-9H2,1H3,(H,22,26)/t13-/m0/s1/i1T3. The molecule has 0 radical (unpaired) electrons. The van der Waals surface area contributed by atoms with Crippen molar-refractivity contribution in [2.75, 3.05) is 18.0 Å². The second kappa shape index (κ2) is 8.44. The first-order valence-corrected chi connectivity index (χ1v) is 9.09. The number of carbonyl (C=O) groups is 2. The van der Waals surface area contributed by atoms with Gasteiger partial charge in [0.1, 0.15) is 11.9 Å². The zero-order chi connectivity index (χ0) is 22.8. The van der Waals surface area contributed by atoms with E-state index in [4.69, 9.17) is 14.4 Å². The van der Waals surface area contributed by atoms with Crippen LogP contribution < -0.4 is 10.2 Å². The Morgan fingerprint density at radius 2 is 2.32 bits per heavy atom. The van der Waals surface area contributed by atoms with Gasteiger partial charge in [0, 0.05) is 25.0 Å². The van der Waals surface area contributed by atoms with Gasteiger partial charge < -0.3 is 10.1 Å². The number of ether oxygens (including phenoxy) is 1. The molecule has 1 fully saturated rings. The van der Waals surface area contributed by atoms with Crippen molar-refractivity contribution >= 4 is 46.0 Å². The van der Waals surface area contributed by atoms with Crippen molar-refractivity contribution in [1.82, 2.24) is 5.32 Å². The third kappa shape index (κ3) is 4.34. The van der Waals surface area contributed by atoms with E-state index in [1.807, 2.05) is 22.6 Å². The van der Waals surface area contributed by atoms with Gasteiger partial charge in [-0.1, -0.05) is 17.2 Å². The lowest BCUT2D eigenvalue weighted by molar-refractivity contribution is -0.119. The Morgan fingerprint density at radius 3 is 3.00 bits per heavy atom. The number of hydrogen-bond acceptors (Lipinski definition) is 4. The smallest absolute Gasteiger partial charge is 0.414 e. The predicted octanol–water partition coefficient (Wildman–Crippen LogP) is 4.50. The molecule has 0 unspecified atom stereocenters. The summed E-state index contributed by atoms with van der Waals surface area (Å²) in [6.07, 6.45) is -1.50. The van der Waals surface area contributed by atoms with Crippen LogP contribution in [0.4, 0.5) is 20.6 Å². The summed E-state index contributed by atoms with van der Waals surface area (Å²) in [5.41, 5.74) is 10.1. The van der Waals surface area contributed by atoms with Crippen LogP contribution in [0, 0.1) is 9.39 Å². The average Bonchev–Trinajstić information content (AvgIpc) is 3.07. The third-order valence-electron chi connectivity index (χ3n) is 4.04. The SMILES string of the molecule is [3H]C([3H])([3H])C(=O)NC[C@H]1CN(c2ccc(-c3ccc(N=[N+]=[N-])c(I)c3)c(F)c2)C(=O)O1. The molecule has 0 aromatic heterocycles. The molecule has 0 aliphatic carbocycles. The molecule has 10 heteroatoms. The lowest BCUT2D eigenvalue weighted by Gasteiger charge is -2.15. The fourth-order valence-electron chi connectivity index (χ4n) is 2.75. The van der Waals surface area contributed by atoms with Crippen LogP contribution in [-0.4, -0.2) is 31.2 Å². The minimum atomic E-state index is -2.79. The number of halogens is 2. The Labute approximate surface area is 177 Å². The summed E-state index contributed by atoms with van der Waals surface area (Å²) < 4.78 is 41.7. The van der Waals surface area contributed by atoms with Gasteiger partial charge in [-0.3, -0.25) is 9.69 Å². The summed E-state index contributed by atoms with van der Waals surface area (Å²) >= 11 is 1.99. The number of benzene rings is 2. The molecule has 1 N–H and O–H groups in total. The van der Waals surface area contributed by atoms with Crippen LogP contribution in [0.3, 0.4) is 0 Å². The highest BCUT2D eigenvalue weighted by Crippen LogP contribution is 2.32. The second-order valence-corrected chi connectivity index (χ2v) is 7.01. The first-order chi connectivity index (χ1) is 14.6. The van der Waals surface area contributed by atoms with E-state index in [1.54, 1.807) is 24.3 Å². The van der Waals surface area contributed by atoms with Gasteiger partial charge in [-0.25, -0.2) is 9.18 Å². The van der Waals surface area contributed by atoms with Gasteiger partial charge in [-0.2, -0.15) is 0 Å². The fourth-order valence-corrected chi connectivity index (χ4v) is 3.38. The summed E-state index contributed by atoms with van der Waals surface area (Å²) in [7, 11) is 0. The van der Waals surface area contributed by atoms with E-state index in [-0.39, 0.29) is 18.8 Å². The van der Waals surface area contributed by atoms with Crippen molar-refractivity contribution < 1.29 is 22.8 Å². The maximum atomic E-state index is 14.8. The molecule has 2 amide bonds. The van der Waals surface area contributed by atoms with E-state index in [9.17, 15) is 14.0 Å². The van der Waals surface area contributed by atoms with Crippen LogP contribution in [0.5, 0.6) is 0 Å². The minimum Gasteiger partial charge on any atom is -0.442 e. The molecule has 2 aromatic carbocycles. The highest BCUT2D eigenvalue weighted by Gasteiger charge is 2.32. The topological polar surface area (TPSA) is 107 Å². The molecule has 3 rings (SSSR count). The first-order valence-electron chi connectivity index (χ1n) is 9.51. The van der Waals surface area contributed by atoms with Gasteiger partial charge >= 0.3 is 6.09 Å². The van der Waals surface area contributed by atoms with Crippen molar-refractivity contribution in [3.05, 3.63) is 56.2 Å². The number of anilines is 1.